The van der Waals surface area contributed by atoms with Gasteiger partial charge < -0.3 is 14.6 Å². The van der Waals surface area contributed by atoms with E-state index in [4.69, 9.17) is 4.74 Å². The van der Waals surface area contributed by atoms with Gasteiger partial charge >= 0.3 is 0 Å². The van der Waals surface area contributed by atoms with Gasteiger partial charge in [0, 0.05) is 24.7 Å². The van der Waals surface area contributed by atoms with Crippen LogP contribution in [0.15, 0.2) is 24.5 Å². The van der Waals surface area contributed by atoms with Crippen molar-refractivity contribution in [1.29, 1.82) is 0 Å². The molecule has 2 aromatic rings. The Morgan fingerprint density at radius 1 is 1.43 bits per heavy atom. The van der Waals surface area contributed by atoms with Crippen molar-refractivity contribution in [2.45, 2.75) is 32.9 Å². The quantitative estimate of drug-likeness (QED) is 0.852. The predicted octanol–water partition coefficient (Wildman–Crippen LogP) is 2.59. The Morgan fingerprint density at radius 3 is 2.86 bits per heavy atom. The van der Waals surface area contributed by atoms with E-state index in [0.29, 0.717) is 17.1 Å². The Bertz CT molecular complexity index is 585. The number of ether oxygens (including phenoxy) is 1. The first-order valence-electron chi connectivity index (χ1n) is 7.10. The molecule has 1 N–H and O–H groups in total. The second-order valence-corrected chi connectivity index (χ2v) is 5.01. The molecule has 0 fully saturated rings. The van der Waals surface area contributed by atoms with Crippen molar-refractivity contribution >= 4 is 0 Å². The van der Waals surface area contributed by atoms with Crippen LogP contribution in [0.25, 0.3) is 0 Å². The fourth-order valence-corrected chi connectivity index (χ4v) is 2.01. The van der Waals surface area contributed by atoms with Crippen molar-refractivity contribution in [2.75, 3.05) is 6.54 Å². The van der Waals surface area contributed by atoms with Gasteiger partial charge in [-0.25, -0.2) is 4.39 Å². The molecule has 0 aliphatic rings. The number of hydrogen-bond donors (Lipinski definition) is 1. The van der Waals surface area contributed by atoms with Gasteiger partial charge in [0.1, 0.15) is 24.5 Å². The molecular formula is C15H21FN4O. The molecule has 1 unspecified atom stereocenters. The molecule has 1 atom stereocenters. The lowest BCUT2D eigenvalue weighted by Gasteiger charge is -2.15. The van der Waals surface area contributed by atoms with Crippen LogP contribution >= 0.6 is 0 Å². The minimum absolute atomic E-state index is 0.0160. The van der Waals surface area contributed by atoms with Crippen LogP contribution in [0.1, 0.15) is 37.7 Å². The number of benzene rings is 1. The van der Waals surface area contributed by atoms with Gasteiger partial charge in [0.05, 0.1) is 0 Å². The fourth-order valence-electron chi connectivity index (χ4n) is 2.01. The molecule has 0 spiro atoms. The Morgan fingerprint density at radius 2 is 2.24 bits per heavy atom. The van der Waals surface area contributed by atoms with Crippen LogP contribution in [0.5, 0.6) is 5.75 Å². The monoisotopic (exact) mass is 292 g/mol. The van der Waals surface area contributed by atoms with E-state index in [0.717, 1.165) is 13.0 Å². The van der Waals surface area contributed by atoms with Crippen molar-refractivity contribution in [3.05, 3.63) is 41.7 Å². The van der Waals surface area contributed by atoms with E-state index < -0.39 is 0 Å². The molecule has 1 aromatic carbocycles. The van der Waals surface area contributed by atoms with E-state index in [-0.39, 0.29) is 18.5 Å². The first-order valence-corrected chi connectivity index (χ1v) is 7.10. The van der Waals surface area contributed by atoms with Crippen LogP contribution in [0.4, 0.5) is 4.39 Å². The van der Waals surface area contributed by atoms with Gasteiger partial charge in [0.25, 0.3) is 0 Å². The van der Waals surface area contributed by atoms with E-state index >= 15 is 0 Å². The number of hydrogen-bond acceptors (Lipinski definition) is 4. The van der Waals surface area contributed by atoms with Crippen molar-refractivity contribution < 1.29 is 9.13 Å². The minimum atomic E-state index is -0.262. The average Bonchev–Trinajstić information content (AvgIpc) is 2.88. The van der Waals surface area contributed by atoms with Gasteiger partial charge in [-0.2, -0.15) is 0 Å². The van der Waals surface area contributed by atoms with Gasteiger partial charge in [-0.15, -0.1) is 10.2 Å². The van der Waals surface area contributed by atoms with Crippen LogP contribution in [0, 0.1) is 5.82 Å². The van der Waals surface area contributed by atoms with Crippen molar-refractivity contribution in [1.82, 2.24) is 20.1 Å². The van der Waals surface area contributed by atoms with Crippen molar-refractivity contribution in [3.8, 4) is 5.75 Å². The average molecular weight is 292 g/mol. The lowest BCUT2D eigenvalue weighted by Crippen LogP contribution is -2.20. The Labute approximate surface area is 124 Å². The molecule has 0 aliphatic heterocycles. The molecule has 0 radical (unpaired) electrons. The van der Waals surface area contributed by atoms with Crippen LogP contribution in [0.2, 0.25) is 0 Å². The highest BCUT2D eigenvalue weighted by molar-refractivity contribution is 5.30. The van der Waals surface area contributed by atoms with Crippen LogP contribution in [-0.2, 0) is 13.7 Å². The molecule has 0 bridgehead atoms. The van der Waals surface area contributed by atoms with E-state index in [1.54, 1.807) is 23.0 Å². The second-order valence-electron chi connectivity index (χ2n) is 5.01. The Kier molecular flexibility index (Phi) is 5.27. The normalized spacial score (nSPS) is 12.4. The van der Waals surface area contributed by atoms with Crippen LogP contribution in [0.3, 0.4) is 0 Å². The summed E-state index contributed by atoms with van der Waals surface area (Å²) >= 11 is 0. The van der Waals surface area contributed by atoms with Gasteiger partial charge in [0.2, 0.25) is 0 Å². The summed E-state index contributed by atoms with van der Waals surface area (Å²) in [5, 5.41) is 11.0. The van der Waals surface area contributed by atoms with Gasteiger partial charge in [-0.3, -0.25) is 0 Å². The number of rotatable bonds is 7. The Hall–Kier alpha value is -1.95. The lowest BCUT2D eigenvalue weighted by molar-refractivity contribution is 0.289. The molecule has 6 heteroatoms. The van der Waals surface area contributed by atoms with Crippen LogP contribution in [-0.4, -0.2) is 21.3 Å². The largest absolute Gasteiger partial charge is 0.486 e. The molecule has 0 aliphatic carbocycles. The summed E-state index contributed by atoms with van der Waals surface area (Å²) in [6.45, 7) is 5.16. The van der Waals surface area contributed by atoms with Gasteiger partial charge in [-0.1, -0.05) is 13.0 Å². The molecule has 0 saturated carbocycles. The number of halogens is 1. The summed E-state index contributed by atoms with van der Waals surface area (Å²) in [7, 11) is 1.84. The standard InChI is InChI=1S/C15H21FN4O/c1-4-7-17-11(2)13-6-5-12(8-14(13)16)21-9-15-19-18-10-20(15)3/h5-6,8,10-11,17H,4,7,9H2,1-3H3. The maximum absolute atomic E-state index is 14.1. The fraction of sp³-hybridized carbons (Fsp3) is 0.467. The summed E-state index contributed by atoms with van der Waals surface area (Å²) in [4.78, 5) is 0. The van der Waals surface area contributed by atoms with E-state index in [9.17, 15) is 4.39 Å². The number of aromatic nitrogens is 3. The predicted molar refractivity (Wildman–Crippen MR) is 78.4 cm³/mol. The molecule has 1 heterocycles. The molecule has 0 saturated heterocycles. The van der Waals surface area contributed by atoms with Crippen molar-refractivity contribution in [3.63, 3.8) is 0 Å². The third kappa shape index (κ3) is 4.01. The molecule has 1 aromatic heterocycles. The highest BCUT2D eigenvalue weighted by Gasteiger charge is 2.11. The zero-order valence-electron chi connectivity index (χ0n) is 12.6. The molecule has 0 amide bonds. The van der Waals surface area contributed by atoms with Gasteiger partial charge in [0.15, 0.2) is 5.82 Å². The third-order valence-corrected chi connectivity index (χ3v) is 3.31. The maximum Gasteiger partial charge on any atom is 0.170 e. The lowest BCUT2D eigenvalue weighted by atomic mass is 10.1. The molecule has 2 rings (SSSR count). The van der Waals surface area contributed by atoms with Gasteiger partial charge in [-0.05, 0) is 26.0 Å². The van der Waals surface area contributed by atoms with E-state index in [1.165, 1.54) is 6.07 Å². The smallest absolute Gasteiger partial charge is 0.170 e. The second kappa shape index (κ2) is 7.17. The zero-order chi connectivity index (χ0) is 15.2. The van der Waals surface area contributed by atoms with E-state index in [1.807, 2.05) is 14.0 Å². The Balaban J connectivity index is 2.00. The first kappa shape index (κ1) is 15.4. The number of aryl methyl sites for hydroxylation is 1. The molecule has 114 valence electrons. The summed E-state index contributed by atoms with van der Waals surface area (Å²) in [6.07, 6.45) is 2.62. The summed E-state index contributed by atoms with van der Waals surface area (Å²) in [6, 6.07) is 4.93. The summed E-state index contributed by atoms with van der Waals surface area (Å²) in [5.74, 6) is 0.918. The van der Waals surface area contributed by atoms with E-state index in [2.05, 4.69) is 22.4 Å². The third-order valence-electron chi connectivity index (χ3n) is 3.31. The SMILES string of the molecule is CCCNC(C)c1ccc(OCc2nncn2C)cc1F. The molecular weight excluding hydrogens is 271 g/mol. The summed E-state index contributed by atoms with van der Waals surface area (Å²) < 4.78 is 21.4. The van der Waals surface area contributed by atoms with Crippen molar-refractivity contribution in [2.24, 2.45) is 7.05 Å². The zero-order valence-corrected chi connectivity index (χ0v) is 12.6. The highest BCUT2D eigenvalue weighted by Crippen LogP contribution is 2.22. The highest BCUT2D eigenvalue weighted by atomic mass is 19.1. The maximum atomic E-state index is 14.1. The minimum Gasteiger partial charge on any atom is -0.486 e. The number of nitrogens with one attached hydrogen (secondary N) is 1. The summed E-state index contributed by atoms with van der Waals surface area (Å²) in [5.41, 5.74) is 0.648. The first-order chi connectivity index (χ1) is 10.1. The molecule has 21 heavy (non-hydrogen) atoms. The van der Waals surface area contributed by atoms with Crippen LogP contribution < -0.4 is 10.1 Å². The number of nitrogens with zero attached hydrogens (tertiary/aromatic N) is 3. The topological polar surface area (TPSA) is 52.0 Å². The molecule has 5 nitrogen and oxygen atoms in total.